The van der Waals surface area contributed by atoms with Gasteiger partial charge in [0.25, 0.3) is 0 Å². The minimum atomic E-state index is -0.135. The van der Waals surface area contributed by atoms with Gasteiger partial charge in [-0.2, -0.15) is 0 Å². The molecule has 0 aliphatic heterocycles. The van der Waals surface area contributed by atoms with E-state index in [0.29, 0.717) is 25.5 Å². The maximum absolute atomic E-state index is 12.7. The first-order valence-electron chi connectivity index (χ1n) is 9.77. The van der Waals surface area contributed by atoms with Crippen LogP contribution in [0.25, 0.3) is 10.9 Å². The van der Waals surface area contributed by atoms with E-state index in [1.165, 1.54) is 0 Å². The third kappa shape index (κ3) is 4.30. The Hall–Kier alpha value is -2.95. The molecule has 148 valence electrons. The minimum absolute atomic E-state index is 0.0243. The van der Waals surface area contributed by atoms with E-state index < -0.39 is 0 Å². The Balaban J connectivity index is 1.73. The number of hydrogen-bond acceptors (Lipinski definition) is 3. The van der Waals surface area contributed by atoms with Crippen molar-refractivity contribution >= 4 is 16.8 Å². The van der Waals surface area contributed by atoms with Crippen LogP contribution in [0.15, 0.2) is 48.5 Å². The van der Waals surface area contributed by atoms with Gasteiger partial charge in [0.1, 0.15) is 6.54 Å². The molecule has 1 aromatic heterocycles. The summed E-state index contributed by atoms with van der Waals surface area (Å²) in [6, 6.07) is 15.9. The second-order valence-electron chi connectivity index (χ2n) is 6.79. The van der Waals surface area contributed by atoms with Crippen molar-refractivity contribution in [3.8, 4) is 11.5 Å². The SMILES string of the molecule is CCOc1ccc(C(C)NC(=O)Cn2c(C)cc3ccccc32)cc1OCC. The van der Waals surface area contributed by atoms with E-state index in [1.807, 2.05) is 68.7 Å². The molecule has 0 saturated carbocycles. The summed E-state index contributed by atoms with van der Waals surface area (Å²) in [6.45, 7) is 9.32. The molecule has 0 fully saturated rings. The Morgan fingerprint density at radius 2 is 1.75 bits per heavy atom. The minimum Gasteiger partial charge on any atom is -0.490 e. The van der Waals surface area contributed by atoms with Crippen molar-refractivity contribution in [3.63, 3.8) is 0 Å². The van der Waals surface area contributed by atoms with E-state index in [2.05, 4.69) is 17.4 Å². The maximum atomic E-state index is 12.7. The molecule has 1 atom stereocenters. The van der Waals surface area contributed by atoms with Gasteiger partial charge in [0, 0.05) is 11.2 Å². The lowest BCUT2D eigenvalue weighted by molar-refractivity contribution is -0.122. The average Bonchev–Trinajstić information content (AvgIpc) is 2.99. The molecule has 0 aliphatic rings. The molecule has 3 aromatic rings. The number of carbonyl (C=O) groups excluding carboxylic acids is 1. The van der Waals surface area contributed by atoms with Crippen molar-refractivity contribution in [1.82, 2.24) is 9.88 Å². The van der Waals surface area contributed by atoms with Gasteiger partial charge >= 0.3 is 0 Å². The van der Waals surface area contributed by atoms with E-state index in [1.54, 1.807) is 0 Å². The highest BCUT2D eigenvalue weighted by Gasteiger charge is 2.15. The fourth-order valence-corrected chi connectivity index (χ4v) is 3.41. The standard InChI is InChI=1S/C23H28N2O3/c1-5-27-21-12-11-18(14-22(21)28-6-2)17(4)24-23(26)15-25-16(3)13-19-9-7-8-10-20(19)25/h7-14,17H,5-6,15H2,1-4H3,(H,24,26). The van der Waals surface area contributed by atoms with Crippen LogP contribution in [0.3, 0.4) is 0 Å². The zero-order valence-corrected chi connectivity index (χ0v) is 17.0. The summed E-state index contributed by atoms with van der Waals surface area (Å²) in [4.78, 5) is 12.7. The molecule has 0 spiro atoms. The van der Waals surface area contributed by atoms with Gasteiger partial charge in [-0.3, -0.25) is 4.79 Å². The molecule has 0 aliphatic carbocycles. The lowest BCUT2D eigenvalue weighted by Gasteiger charge is -2.18. The van der Waals surface area contributed by atoms with Crippen molar-refractivity contribution in [2.75, 3.05) is 13.2 Å². The fraction of sp³-hybridized carbons (Fsp3) is 0.348. The highest BCUT2D eigenvalue weighted by molar-refractivity contribution is 5.84. The molecule has 1 unspecified atom stereocenters. The number of ether oxygens (including phenoxy) is 2. The van der Waals surface area contributed by atoms with Crippen molar-refractivity contribution in [1.29, 1.82) is 0 Å². The van der Waals surface area contributed by atoms with Gasteiger partial charge in [0.15, 0.2) is 11.5 Å². The normalized spacial score (nSPS) is 12.0. The predicted molar refractivity (Wildman–Crippen MR) is 112 cm³/mol. The molecular weight excluding hydrogens is 352 g/mol. The molecule has 2 aromatic carbocycles. The topological polar surface area (TPSA) is 52.5 Å². The van der Waals surface area contributed by atoms with Gasteiger partial charge in [-0.15, -0.1) is 0 Å². The number of rotatable bonds is 8. The number of nitrogens with one attached hydrogen (secondary N) is 1. The van der Waals surface area contributed by atoms with Gasteiger partial charge in [-0.25, -0.2) is 0 Å². The Bertz CT molecular complexity index is 962. The Kier molecular flexibility index (Phi) is 6.24. The first kappa shape index (κ1) is 19.8. The highest BCUT2D eigenvalue weighted by atomic mass is 16.5. The molecular formula is C23H28N2O3. The molecule has 28 heavy (non-hydrogen) atoms. The van der Waals surface area contributed by atoms with Crippen molar-refractivity contribution < 1.29 is 14.3 Å². The third-order valence-electron chi connectivity index (χ3n) is 4.76. The number of hydrogen-bond donors (Lipinski definition) is 1. The quantitative estimate of drug-likeness (QED) is 0.620. The van der Waals surface area contributed by atoms with Crippen LogP contribution in [-0.4, -0.2) is 23.7 Å². The summed E-state index contributed by atoms with van der Waals surface area (Å²) < 4.78 is 13.3. The summed E-state index contributed by atoms with van der Waals surface area (Å²) in [7, 11) is 0. The predicted octanol–water partition coefficient (Wildman–Crippen LogP) is 4.62. The number of amides is 1. The number of para-hydroxylation sites is 1. The first-order valence-corrected chi connectivity index (χ1v) is 9.77. The van der Waals surface area contributed by atoms with Crippen molar-refractivity contribution in [2.45, 2.75) is 40.3 Å². The van der Waals surface area contributed by atoms with Crippen molar-refractivity contribution in [3.05, 3.63) is 59.8 Å². The van der Waals surface area contributed by atoms with Gasteiger partial charge in [0.05, 0.1) is 19.3 Å². The molecule has 3 rings (SSSR count). The number of nitrogens with zero attached hydrogens (tertiary/aromatic N) is 1. The number of benzene rings is 2. The average molecular weight is 380 g/mol. The van der Waals surface area contributed by atoms with Gasteiger partial charge in [-0.1, -0.05) is 24.3 Å². The molecule has 0 bridgehead atoms. The zero-order valence-electron chi connectivity index (χ0n) is 17.0. The van der Waals surface area contributed by atoms with E-state index in [9.17, 15) is 4.79 Å². The van der Waals surface area contributed by atoms with E-state index in [4.69, 9.17) is 9.47 Å². The summed E-state index contributed by atoms with van der Waals surface area (Å²) in [5.41, 5.74) is 3.13. The first-order chi connectivity index (χ1) is 13.5. The molecule has 1 amide bonds. The monoisotopic (exact) mass is 380 g/mol. The van der Waals surface area contributed by atoms with E-state index in [0.717, 1.165) is 27.9 Å². The van der Waals surface area contributed by atoms with Crippen LogP contribution in [0.2, 0.25) is 0 Å². The number of fused-ring (bicyclic) bond motifs is 1. The number of carbonyl (C=O) groups is 1. The second kappa shape index (κ2) is 8.83. The molecule has 5 heteroatoms. The highest BCUT2D eigenvalue weighted by Crippen LogP contribution is 2.30. The van der Waals surface area contributed by atoms with Crippen LogP contribution in [0, 0.1) is 6.92 Å². The third-order valence-corrected chi connectivity index (χ3v) is 4.76. The lowest BCUT2D eigenvalue weighted by Crippen LogP contribution is -2.30. The Morgan fingerprint density at radius 1 is 1.04 bits per heavy atom. The van der Waals surface area contributed by atoms with Gasteiger partial charge in [0.2, 0.25) is 5.91 Å². The second-order valence-corrected chi connectivity index (χ2v) is 6.79. The Morgan fingerprint density at radius 3 is 2.50 bits per heavy atom. The van der Waals surface area contributed by atoms with Crippen LogP contribution < -0.4 is 14.8 Å². The lowest BCUT2D eigenvalue weighted by atomic mass is 10.1. The summed E-state index contributed by atoms with van der Waals surface area (Å²) in [5, 5.41) is 4.24. The van der Waals surface area contributed by atoms with Crippen LogP contribution in [-0.2, 0) is 11.3 Å². The Labute approximate surface area is 166 Å². The number of aryl methyl sites for hydroxylation is 1. The van der Waals surface area contributed by atoms with Crippen LogP contribution >= 0.6 is 0 Å². The smallest absolute Gasteiger partial charge is 0.240 e. The molecule has 5 nitrogen and oxygen atoms in total. The number of aromatic nitrogens is 1. The van der Waals surface area contributed by atoms with Gasteiger partial charge < -0.3 is 19.4 Å². The van der Waals surface area contributed by atoms with Crippen LogP contribution in [0.1, 0.15) is 38.1 Å². The zero-order chi connectivity index (χ0) is 20.1. The van der Waals surface area contributed by atoms with Crippen LogP contribution in [0.4, 0.5) is 0 Å². The van der Waals surface area contributed by atoms with E-state index in [-0.39, 0.29) is 11.9 Å². The molecule has 0 saturated heterocycles. The van der Waals surface area contributed by atoms with Gasteiger partial charge in [-0.05, 0) is 62.9 Å². The van der Waals surface area contributed by atoms with Crippen molar-refractivity contribution in [2.24, 2.45) is 0 Å². The molecule has 1 N–H and O–H groups in total. The molecule has 0 radical (unpaired) electrons. The summed E-state index contributed by atoms with van der Waals surface area (Å²) in [6.07, 6.45) is 0. The fourth-order valence-electron chi connectivity index (χ4n) is 3.41. The molecule has 1 heterocycles. The summed E-state index contributed by atoms with van der Waals surface area (Å²) in [5.74, 6) is 1.40. The van der Waals surface area contributed by atoms with E-state index >= 15 is 0 Å². The van der Waals surface area contributed by atoms with Crippen LogP contribution in [0.5, 0.6) is 11.5 Å². The largest absolute Gasteiger partial charge is 0.490 e. The maximum Gasteiger partial charge on any atom is 0.240 e. The summed E-state index contributed by atoms with van der Waals surface area (Å²) >= 11 is 0.